The van der Waals surface area contributed by atoms with Crippen molar-refractivity contribution in [3.8, 4) is 0 Å². The van der Waals surface area contributed by atoms with Gasteiger partial charge in [0.1, 0.15) is 0 Å². The molecule has 0 saturated heterocycles. The van der Waals surface area contributed by atoms with Gasteiger partial charge in [0.25, 0.3) is 0 Å². The van der Waals surface area contributed by atoms with Crippen LogP contribution in [0.2, 0.25) is 0 Å². The fourth-order valence-corrected chi connectivity index (χ4v) is 1.42. The molecule has 3 nitrogen and oxygen atoms in total. The van der Waals surface area contributed by atoms with Gasteiger partial charge in [0, 0.05) is 18.2 Å². The quantitative estimate of drug-likeness (QED) is 0.547. The summed E-state index contributed by atoms with van der Waals surface area (Å²) in [5.41, 5.74) is 0.394. The van der Waals surface area contributed by atoms with E-state index >= 15 is 0 Å². The number of rotatable bonds is 6. The molecule has 6 heteroatoms. The maximum absolute atomic E-state index is 12.3. The molecule has 18 heavy (non-hydrogen) atoms. The van der Waals surface area contributed by atoms with Gasteiger partial charge in [-0.15, -0.1) is 0 Å². The minimum Gasteiger partial charge on any atom is -0.466 e. The van der Waals surface area contributed by atoms with Crippen LogP contribution in [0, 0.1) is 0 Å². The largest absolute Gasteiger partial charge is 0.466 e. The first-order valence-electron chi connectivity index (χ1n) is 5.79. The second kappa shape index (κ2) is 7.41. The highest BCUT2D eigenvalue weighted by molar-refractivity contribution is 5.88. The molecule has 0 aliphatic heterocycles. The molecule has 0 amide bonds. The molecule has 0 rings (SSSR count). The first-order chi connectivity index (χ1) is 8.21. The Kier molecular flexibility index (Phi) is 6.98. The van der Waals surface area contributed by atoms with Gasteiger partial charge < -0.3 is 4.74 Å². The van der Waals surface area contributed by atoms with Crippen LogP contribution in [0.5, 0.6) is 0 Å². The number of nitrogens with zero attached hydrogens (tertiary/aromatic N) is 1. The molecule has 0 bridgehead atoms. The van der Waals surface area contributed by atoms with E-state index in [9.17, 15) is 18.0 Å². The Balaban J connectivity index is 4.69. The fourth-order valence-electron chi connectivity index (χ4n) is 1.42. The Morgan fingerprint density at radius 3 is 2.28 bits per heavy atom. The lowest BCUT2D eigenvalue weighted by Gasteiger charge is -2.26. The Bertz CT molecular complexity index is 298. The zero-order valence-electron chi connectivity index (χ0n) is 11.2. The summed E-state index contributed by atoms with van der Waals surface area (Å²) >= 11 is 0. The summed E-state index contributed by atoms with van der Waals surface area (Å²) in [6.45, 7) is 4.22. The first-order valence-corrected chi connectivity index (χ1v) is 5.79. The van der Waals surface area contributed by atoms with Crippen molar-refractivity contribution < 1.29 is 22.7 Å². The smallest absolute Gasteiger partial charge is 0.401 e. The molecule has 0 atom stereocenters. The number of hydrogen-bond acceptors (Lipinski definition) is 3. The average Bonchev–Trinajstić information content (AvgIpc) is 2.25. The Morgan fingerprint density at radius 2 is 1.94 bits per heavy atom. The van der Waals surface area contributed by atoms with Crippen LogP contribution in [-0.2, 0) is 9.53 Å². The minimum absolute atomic E-state index is 0.0788. The van der Waals surface area contributed by atoms with Gasteiger partial charge >= 0.3 is 12.1 Å². The van der Waals surface area contributed by atoms with Crippen LogP contribution >= 0.6 is 0 Å². The summed E-state index contributed by atoms with van der Waals surface area (Å²) in [4.78, 5) is 12.5. The Labute approximate surface area is 106 Å². The van der Waals surface area contributed by atoms with Crippen molar-refractivity contribution in [2.45, 2.75) is 39.4 Å². The molecule has 0 N–H and O–H groups in total. The van der Waals surface area contributed by atoms with Gasteiger partial charge in [0.2, 0.25) is 0 Å². The molecule has 0 aromatic carbocycles. The van der Waals surface area contributed by atoms with E-state index in [0.717, 1.165) is 0 Å². The fraction of sp³-hybridized carbons (Fsp3) is 0.750. The third-order valence-electron chi connectivity index (χ3n) is 2.51. The van der Waals surface area contributed by atoms with Crippen molar-refractivity contribution in [1.82, 2.24) is 4.90 Å². The summed E-state index contributed by atoms with van der Waals surface area (Å²) < 4.78 is 41.6. The van der Waals surface area contributed by atoms with E-state index < -0.39 is 18.7 Å². The maximum Gasteiger partial charge on any atom is 0.401 e. The maximum atomic E-state index is 12.3. The summed E-state index contributed by atoms with van der Waals surface area (Å²) in [5.74, 6) is -0.492. The molecular formula is C12H20F3NO2. The van der Waals surface area contributed by atoms with Gasteiger partial charge in [-0.2, -0.15) is 13.2 Å². The van der Waals surface area contributed by atoms with Gasteiger partial charge in [-0.3, -0.25) is 4.90 Å². The van der Waals surface area contributed by atoms with Crippen LogP contribution in [0.1, 0.15) is 27.2 Å². The minimum atomic E-state index is -4.24. The lowest BCUT2D eigenvalue weighted by atomic mass is 10.2. The monoisotopic (exact) mass is 267 g/mol. The van der Waals surface area contributed by atoms with Crippen LogP contribution in [0.25, 0.3) is 0 Å². The number of methoxy groups -OCH3 is 1. The van der Waals surface area contributed by atoms with Crippen LogP contribution in [0.4, 0.5) is 13.2 Å². The molecule has 0 heterocycles. The summed E-state index contributed by atoms with van der Waals surface area (Å²) in [6, 6.07) is -0.251. The average molecular weight is 267 g/mol. The van der Waals surface area contributed by atoms with Crippen LogP contribution in [0.15, 0.2) is 11.6 Å². The van der Waals surface area contributed by atoms with Gasteiger partial charge in [-0.1, -0.05) is 13.0 Å². The van der Waals surface area contributed by atoms with Gasteiger partial charge in [0.15, 0.2) is 0 Å². The van der Waals surface area contributed by atoms with Gasteiger partial charge in [-0.25, -0.2) is 4.79 Å². The molecule has 0 fully saturated rings. The van der Waals surface area contributed by atoms with Crippen molar-refractivity contribution in [2.75, 3.05) is 20.2 Å². The molecule has 0 spiro atoms. The number of carbonyl (C=O) groups excluding carboxylic acids is 1. The number of hydrogen-bond donors (Lipinski definition) is 0. The summed E-state index contributed by atoms with van der Waals surface area (Å²) in [6.07, 6.45) is -2.31. The van der Waals surface area contributed by atoms with Gasteiger partial charge in [-0.05, 0) is 20.3 Å². The first kappa shape index (κ1) is 17.0. The van der Waals surface area contributed by atoms with Crippen molar-refractivity contribution >= 4 is 5.97 Å². The zero-order chi connectivity index (χ0) is 14.3. The van der Waals surface area contributed by atoms with E-state index in [1.807, 2.05) is 0 Å². The molecule has 0 radical (unpaired) electrons. The van der Waals surface area contributed by atoms with Gasteiger partial charge in [0.05, 0.1) is 13.7 Å². The van der Waals surface area contributed by atoms with Crippen molar-refractivity contribution in [1.29, 1.82) is 0 Å². The second-order valence-electron chi connectivity index (χ2n) is 4.21. The number of alkyl halides is 3. The van der Waals surface area contributed by atoms with Crippen LogP contribution < -0.4 is 0 Å². The van der Waals surface area contributed by atoms with E-state index in [4.69, 9.17) is 0 Å². The predicted molar refractivity (Wildman–Crippen MR) is 63.2 cm³/mol. The molecule has 0 aromatic rings. The SMILES string of the molecule is CCC(=CCN(CC(F)(F)F)C(C)C)C(=O)OC. The van der Waals surface area contributed by atoms with Crippen molar-refractivity contribution in [3.05, 3.63) is 11.6 Å². The standard InChI is InChI=1S/C12H20F3NO2/c1-5-10(11(17)18-4)6-7-16(9(2)3)8-12(13,14)15/h6,9H,5,7-8H2,1-4H3. The summed E-state index contributed by atoms with van der Waals surface area (Å²) in [7, 11) is 1.25. The van der Waals surface area contributed by atoms with Crippen LogP contribution in [0.3, 0.4) is 0 Å². The van der Waals surface area contributed by atoms with E-state index in [-0.39, 0.29) is 12.6 Å². The molecular weight excluding hydrogens is 247 g/mol. The van der Waals surface area contributed by atoms with Crippen LogP contribution in [-0.4, -0.2) is 43.3 Å². The number of esters is 1. The molecule has 106 valence electrons. The third-order valence-corrected chi connectivity index (χ3v) is 2.51. The Hall–Kier alpha value is -1.04. The number of carbonyl (C=O) groups is 1. The van der Waals surface area contributed by atoms with Crippen molar-refractivity contribution in [2.24, 2.45) is 0 Å². The van der Waals surface area contributed by atoms with E-state index in [0.29, 0.717) is 12.0 Å². The molecule has 0 saturated carbocycles. The summed E-state index contributed by atoms with van der Waals surface area (Å²) in [5, 5.41) is 0. The molecule has 0 aliphatic carbocycles. The third kappa shape index (κ3) is 6.64. The lowest BCUT2D eigenvalue weighted by molar-refractivity contribution is -0.148. The normalized spacial score (nSPS) is 13.3. The van der Waals surface area contributed by atoms with E-state index in [1.54, 1.807) is 20.8 Å². The Morgan fingerprint density at radius 1 is 1.39 bits per heavy atom. The number of ether oxygens (including phenoxy) is 1. The highest BCUT2D eigenvalue weighted by Crippen LogP contribution is 2.18. The lowest BCUT2D eigenvalue weighted by Crippen LogP contribution is -2.39. The van der Waals surface area contributed by atoms with E-state index in [2.05, 4.69) is 4.74 Å². The van der Waals surface area contributed by atoms with E-state index in [1.165, 1.54) is 18.1 Å². The molecule has 0 unspecified atom stereocenters. The highest BCUT2D eigenvalue weighted by atomic mass is 19.4. The zero-order valence-corrected chi connectivity index (χ0v) is 11.2. The van der Waals surface area contributed by atoms with Crippen molar-refractivity contribution in [3.63, 3.8) is 0 Å². The second-order valence-corrected chi connectivity index (χ2v) is 4.21. The molecule has 0 aliphatic rings. The topological polar surface area (TPSA) is 29.5 Å². The number of halogens is 3. The highest BCUT2D eigenvalue weighted by Gasteiger charge is 2.31. The molecule has 0 aromatic heterocycles. The predicted octanol–water partition coefficient (Wildman–Crippen LogP) is 2.77.